The van der Waals surface area contributed by atoms with E-state index in [0.717, 1.165) is 0 Å². The summed E-state index contributed by atoms with van der Waals surface area (Å²) in [6, 6.07) is 13.0. The van der Waals surface area contributed by atoms with Gasteiger partial charge in [0.15, 0.2) is 0 Å². The minimum atomic E-state index is -1.13. The molecule has 1 aromatic heterocycles. The maximum atomic E-state index is 13.3. The van der Waals surface area contributed by atoms with Crippen molar-refractivity contribution in [2.24, 2.45) is 0 Å². The third-order valence-corrected chi connectivity index (χ3v) is 4.84. The molecule has 3 aromatic rings. The molecular weight excluding hydrogens is 423 g/mol. The van der Waals surface area contributed by atoms with Gasteiger partial charge in [-0.15, -0.1) is 0 Å². The number of alkyl halides is 1. The van der Waals surface area contributed by atoms with Crippen molar-refractivity contribution in [2.45, 2.75) is 26.2 Å². The quantitative estimate of drug-likeness (QED) is 0.352. The minimum absolute atomic E-state index is 0.00516. The molecular formula is C22H22ClFN4O3. The number of nitrogens with one attached hydrogen (secondary N) is 2. The number of hydrogen-bond acceptors (Lipinski definition) is 6. The second-order valence-electron chi connectivity index (χ2n) is 6.93. The number of benzene rings is 2. The first-order valence-electron chi connectivity index (χ1n) is 9.44. The van der Waals surface area contributed by atoms with Gasteiger partial charge in [0.05, 0.1) is 5.69 Å². The van der Waals surface area contributed by atoms with Crippen LogP contribution in [0.4, 0.5) is 21.6 Å². The average Bonchev–Trinajstić information content (AvgIpc) is 2.75. The molecule has 9 heteroatoms. The van der Waals surface area contributed by atoms with Crippen LogP contribution in [-0.2, 0) is 18.0 Å². The van der Waals surface area contributed by atoms with Gasteiger partial charge in [0.25, 0.3) is 0 Å². The molecule has 0 aliphatic heterocycles. The Morgan fingerprint density at radius 1 is 1.19 bits per heavy atom. The molecule has 0 spiro atoms. The van der Waals surface area contributed by atoms with Crippen molar-refractivity contribution in [3.8, 4) is 17.0 Å². The highest BCUT2D eigenvalue weighted by Crippen LogP contribution is 2.33. The van der Waals surface area contributed by atoms with E-state index >= 15 is 0 Å². The van der Waals surface area contributed by atoms with E-state index in [1.54, 1.807) is 42.5 Å². The molecule has 1 amide bonds. The first kappa shape index (κ1) is 22.3. The minimum Gasteiger partial charge on any atom is -0.507 e. The van der Waals surface area contributed by atoms with Crippen LogP contribution in [0.2, 0.25) is 5.02 Å². The van der Waals surface area contributed by atoms with Gasteiger partial charge in [-0.1, -0.05) is 17.7 Å². The summed E-state index contributed by atoms with van der Waals surface area (Å²) in [5.41, 5.74) is 9.00. The molecule has 0 aliphatic rings. The molecule has 0 bridgehead atoms. The molecule has 6 N–H and O–H groups in total. The Morgan fingerprint density at radius 2 is 1.97 bits per heavy atom. The number of aromatic hydroxyl groups is 1. The molecule has 31 heavy (non-hydrogen) atoms. The van der Waals surface area contributed by atoms with Crippen LogP contribution in [0.25, 0.3) is 11.3 Å². The number of aliphatic hydroxyl groups is 1. The van der Waals surface area contributed by atoms with E-state index in [1.165, 1.54) is 13.0 Å². The lowest BCUT2D eigenvalue weighted by Crippen LogP contribution is -2.32. The van der Waals surface area contributed by atoms with Crippen molar-refractivity contribution in [3.05, 3.63) is 64.7 Å². The zero-order valence-electron chi connectivity index (χ0n) is 16.7. The number of nitrogen functional groups attached to an aromatic ring is 1. The number of anilines is 3. The summed E-state index contributed by atoms with van der Waals surface area (Å²) in [6.07, 6.45) is -1.13. The third-order valence-electron chi connectivity index (χ3n) is 4.61. The first-order chi connectivity index (χ1) is 14.8. The number of rotatable bonds is 7. The molecule has 2 aromatic carbocycles. The second-order valence-corrected chi connectivity index (χ2v) is 7.36. The molecule has 162 valence electrons. The van der Waals surface area contributed by atoms with Gasteiger partial charge >= 0.3 is 0 Å². The van der Waals surface area contributed by atoms with Crippen molar-refractivity contribution in [1.29, 1.82) is 0 Å². The van der Waals surface area contributed by atoms with Gasteiger partial charge in [-0.3, -0.25) is 4.79 Å². The smallest absolute Gasteiger partial charge is 0.248 e. The molecule has 0 unspecified atom stereocenters. The molecule has 1 atom stereocenters. The Hall–Kier alpha value is -3.36. The van der Waals surface area contributed by atoms with Gasteiger partial charge in [-0.05, 0) is 49.4 Å². The normalized spacial score (nSPS) is 11.7. The number of hydrogen-bond donors (Lipinski definition) is 5. The predicted octanol–water partition coefficient (Wildman–Crippen LogP) is 3.90. The van der Waals surface area contributed by atoms with Gasteiger partial charge in [0.1, 0.15) is 24.3 Å². The Labute approximate surface area is 183 Å². The highest BCUT2D eigenvalue weighted by molar-refractivity contribution is 6.30. The van der Waals surface area contributed by atoms with E-state index in [4.69, 9.17) is 17.3 Å². The highest BCUT2D eigenvalue weighted by atomic mass is 35.5. The highest BCUT2D eigenvalue weighted by Gasteiger charge is 2.13. The molecule has 3 rings (SSSR count). The predicted molar refractivity (Wildman–Crippen MR) is 119 cm³/mol. The lowest BCUT2D eigenvalue weighted by molar-refractivity contribution is -0.128. The van der Waals surface area contributed by atoms with E-state index in [2.05, 4.69) is 15.6 Å². The van der Waals surface area contributed by atoms with Gasteiger partial charge in [-0.2, -0.15) is 0 Å². The summed E-state index contributed by atoms with van der Waals surface area (Å²) >= 11 is 5.92. The number of carbonyl (C=O) groups excluding carboxylic acids is 1. The maximum Gasteiger partial charge on any atom is 0.248 e. The topological polar surface area (TPSA) is 120 Å². The van der Waals surface area contributed by atoms with Crippen LogP contribution in [0, 0.1) is 0 Å². The molecule has 0 saturated heterocycles. The summed E-state index contributed by atoms with van der Waals surface area (Å²) in [4.78, 5) is 15.8. The van der Waals surface area contributed by atoms with Crippen LogP contribution in [0.15, 0.2) is 48.5 Å². The number of pyridine rings is 1. The van der Waals surface area contributed by atoms with E-state index in [0.29, 0.717) is 38.8 Å². The van der Waals surface area contributed by atoms with E-state index in [1.807, 2.05) is 0 Å². The largest absolute Gasteiger partial charge is 0.507 e. The monoisotopic (exact) mass is 444 g/mol. The van der Waals surface area contributed by atoms with Crippen LogP contribution in [0.3, 0.4) is 0 Å². The van der Waals surface area contributed by atoms with Crippen molar-refractivity contribution in [3.63, 3.8) is 0 Å². The van der Waals surface area contributed by atoms with Gasteiger partial charge in [-0.25, -0.2) is 9.37 Å². The van der Waals surface area contributed by atoms with E-state index < -0.39 is 18.7 Å². The summed E-state index contributed by atoms with van der Waals surface area (Å²) in [6.45, 7) is 0.794. The average molecular weight is 445 g/mol. The maximum absolute atomic E-state index is 13.3. The van der Waals surface area contributed by atoms with Gasteiger partial charge in [0, 0.05) is 39.6 Å². The number of nitrogens with two attached hydrogens (primary N) is 1. The number of amides is 1. The Balaban J connectivity index is 1.85. The number of aliphatic hydroxyl groups excluding tert-OH is 1. The SMILES string of the molecule is C[C@@H](O)C(=O)NCc1ccc(-c2cc(Nc3ccc(Cl)cc3CF)ccc2O)nc1N. The summed E-state index contributed by atoms with van der Waals surface area (Å²) < 4.78 is 13.3. The Morgan fingerprint density at radius 3 is 2.65 bits per heavy atom. The second kappa shape index (κ2) is 9.63. The van der Waals surface area contributed by atoms with E-state index in [9.17, 15) is 19.4 Å². The fourth-order valence-corrected chi connectivity index (χ4v) is 3.10. The summed E-state index contributed by atoms with van der Waals surface area (Å²) in [7, 11) is 0. The number of aromatic nitrogens is 1. The van der Waals surface area contributed by atoms with Gasteiger partial charge < -0.3 is 26.6 Å². The molecule has 0 radical (unpaired) electrons. The fourth-order valence-electron chi connectivity index (χ4n) is 2.90. The van der Waals surface area contributed by atoms with Crippen LogP contribution >= 0.6 is 11.6 Å². The lowest BCUT2D eigenvalue weighted by Gasteiger charge is -2.14. The molecule has 0 saturated carbocycles. The van der Waals surface area contributed by atoms with Crippen molar-refractivity contribution in [1.82, 2.24) is 10.3 Å². The van der Waals surface area contributed by atoms with Gasteiger partial charge in [0.2, 0.25) is 5.91 Å². The molecule has 7 nitrogen and oxygen atoms in total. The molecule has 0 fully saturated rings. The van der Waals surface area contributed by atoms with Crippen LogP contribution in [0.5, 0.6) is 5.75 Å². The number of phenols is 1. The number of phenolic OH excluding ortho intramolecular Hbond substituents is 1. The van der Waals surface area contributed by atoms with Crippen molar-refractivity contribution >= 4 is 34.7 Å². The van der Waals surface area contributed by atoms with Crippen LogP contribution in [0.1, 0.15) is 18.1 Å². The summed E-state index contributed by atoms with van der Waals surface area (Å²) in [5.74, 6) is -0.345. The Kier molecular flexibility index (Phi) is 6.94. The summed E-state index contributed by atoms with van der Waals surface area (Å²) in [5, 5.41) is 25.7. The van der Waals surface area contributed by atoms with Crippen LogP contribution in [-0.4, -0.2) is 27.2 Å². The third kappa shape index (κ3) is 5.42. The molecule has 0 aliphatic carbocycles. The number of halogens is 2. The van der Waals surface area contributed by atoms with E-state index in [-0.39, 0.29) is 18.1 Å². The lowest BCUT2D eigenvalue weighted by atomic mass is 10.1. The zero-order chi connectivity index (χ0) is 22.5. The molecule has 1 heterocycles. The fraction of sp³-hybridized carbons (Fsp3) is 0.182. The first-order valence-corrected chi connectivity index (χ1v) is 9.82. The van der Waals surface area contributed by atoms with Crippen LogP contribution < -0.4 is 16.4 Å². The van der Waals surface area contributed by atoms with Crippen molar-refractivity contribution < 1.29 is 19.4 Å². The standard InChI is InChI=1S/C22H22ClFN4O3/c1-12(29)22(31)26-11-13-2-5-19(28-21(13)25)17-9-16(4-7-20(17)30)27-18-6-3-15(23)8-14(18)10-24/h2-9,12,27,29-30H,10-11H2,1H3,(H2,25,28)(H,26,31)/t12-/m1/s1. The number of nitrogens with zero attached hydrogens (tertiary/aromatic N) is 1. The Bertz CT molecular complexity index is 1110. The number of carbonyl (C=O) groups is 1. The van der Waals surface area contributed by atoms with Crippen molar-refractivity contribution in [2.75, 3.05) is 11.1 Å². The zero-order valence-corrected chi connectivity index (χ0v) is 17.4.